The van der Waals surface area contributed by atoms with Crippen LogP contribution in [0.3, 0.4) is 0 Å². The van der Waals surface area contributed by atoms with E-state index >= 15 is 0 Å². The van der Waals surface area contributed by atoms with E-state index in [0.717, 1.165) is 12.1 Å². The van der Waals surface area contributed by atoms with Crippen molar-refractivity contribution in [1.29, 1.82) is 0 Å². The first-order valence-electron chi connectivity index (χ1n) is 5.76. The first kappa shape index (κ1) is 15.0. The van der Waals surface area contributed by atoms with E-state index in [1.807, 2.05) is 19.2 Å². The van der Waals surface area contributed by atoms with Gasteiger partial charge in [-0.1, -0.05) is 18.3 Å². The fraction of sp³-hybridized carbons (Fsp3) is 0.500. The fourth-order valence-electron chi connectivity index (χ4n) is 1.54. The van der Waals surface area contributed by atoms with E-state index in [0.29, 0.717) is 30.4 Å². The van der Waals surface area contributed by atoms with Crippen molar-refractivity contribution in [2.75, 3.05) is 33.4 Å². The average Bonchev–Trinajstić information content (AvgIpc) is 2.35. The van der Waals surface area contributed by atoms with E-state index in [1.54, 1.807) is 6.20 Å². The number of likely N-dealkylation sites (N-methyl/N-ethyl adjacent to an activating group) is 1. The van der Waals surface area contributed by atoms with Gasteiger partial charge in [-0.2, -0.15) is 0 Å². The second-order valence-electron chi connectivity index (χ2n) is 3.95. The molecule has 0 aliphatic heterocycles. The zero-order chi connectivity index (χ0) is 13.4. The standard InChI is InChI=1S/C12H19N3O2S/c1-15(5-7-17-8-6-16)9-10-3-2-4-14-11(10)12(13)18/h2-4,16H,5-9H2,1H3,(H2,13,18). The molecule has 0 fully saturated rings. The molecule has 0 aliphatic carbocycles. The number of aromatic nitrogens is 1. The number of hydrogen-bond acceptors (Lipinski definition) is 5. The third kappa shape index (κ3) is 5.05. The van der Waals surface area contributed by atoms with Gasteiger partial charge in [-0.05, 0) is 18.7 Å². The van der Waals surface area contributed by atoms with Gasteiger partial charge < -0.3 is 15.6 Å². The largest absolute Gasteiger partial charge is 0.394 e. The number of nitrogens with zero attached hydrogens (tertiary/aromatic N) is 2. The molecule has 18 heavy (non-hydrogen) atoms. The van der Waals surface area contributed by atoms with E-state index in [9.17, 15) is 0 Å². The summed E-state index contributed by atoms with van der Waals surface area (Å²) in [7, 11) is 1.98. The molecule has 0 bridgehead atoms. The Morgan fingerprint density at radius 3 is 3.00 bits per heavy atom. The van der Waals surface area contributed by atoms with Gasteiger partial charge in [0.15, 0.2) is 0 Å². The molecule has 0 aromatic carbocycles. The number of nitrogens with two attached hydrogens (primary N) is 1. The lowest BCUT2D eigenvalue weighted by atomic mass is 10.2. The molecule has 1 aromatic rings. The van der Waals surface area contributed by atoms with Crippen LogP contribution in [0.1, 0.15) is 11.3 Å². The Bertz CT molecular complexity index is 387. The molecule has 0 amide bonds. The molecule has 3 N–H and O–H groups in total. The van der Waals surface area contributed by atoms with Crippen molar-refractivity contribution in [1.82, 2.24) is 9.88 Å². The van der Waals surface area contributed by atoms with Crippen molar-refractivity contribution in [2.45, 2.75) is 6.54 Å². The molecular formula is C12H19N3O2S. The molecule has 1 heterocycles. The summed E-state index contributed by atoms with van der Waals surface area (Å²) in [6.07, 6.45) is 1.68. The molecule has 0 radical (unpaired) electrons. The number of rotatable bonds is 8. The summed E-state index contributed by atoms with van der Waals surface area (Å²) in [4.78, 5) is 6.59. The summed E-state index contributed by atoms with van der Waals surface area (Å²) in [6, 6.07) is 3.83. The van der Waals surface area contributed by atoms with Crippen molar-refractivity contribution in [3.05, 3.63) is 29.6 Å². The molecule has 1 aromatic heterocycles. The molecule has 0 saturated heterocycles. The summed E-state index contributed by atoms with van der Waals surface area (Å²) < 4.78 is 5.21. The predicted octanol–water partition coefficient (Wildman–Crippen LogP) is 0.156. The number of hydrogen-bond donors (Lipinski definition) is 2. The van der Waals surface area contributed by atoms with Gasteiger partial charge in [-0.25, -0.2) is 0 Å². The fourth-order valence-corrected chi connectivity index (χ4v) is 1.73. The van der Waals surface area contributed by atoms with Crippen LogP contribution in [0.5, 0.6) is 0 Å². The van der Waals surface area contributed by atoms with E-state index in [1.165, 1.54) is 0 Å². The summed E-state index contributed by atoms with van der Waals surface area (Å²) in [5.41, 5.74) is 7.31. The number of aliphatic hydroxyl groups excluding tert-OH is 1. The maximum absolute atomic E-state index is 8.59. The van der Waals surface area contributed by atoms with Crippen molar-refractivity contribution in [3.8, 4) is 0 Å². The maximum Gasteiger partial charge on any atom is 0.123 e. The smallest absolute Gasteiger partial charge is 0.123 e. The third-order valence-electron chi connectivity index (χ3n) is 2.42. The zero-order valence-electron chi connectivity index (χ0n) is 10.5. The molecule has 0 aliphatic rings. The van der Waals surface area contributed by atoms with Crippen LogP contribution in [-0.4, -0.2) is 53.4 Å². The van der Waals surface area contributed by atoms with Crippen LogP contribution in [0.25, 0.3) is 0 Å². The summed E-state index contributed by atoms with van der Waals surface area (Å²) in [6.45, 7) is 2.49. The van der Waals surface area contributed by atoms with Gasteiger partial charge in [0.05, 0.1) is 19.8 Å². The Labute approximate surface area is 113 Å². The van der Waals surface area contributed by atoms with Gasteiger partial charge >= 0.3 is 0 Å². The second kappa shape index (κ2) is 8.10. The van der Waals surface area contributed by atoms with Crippen molar-refractivity contribution >= 4 is 17.2 Å². The van der Waals surface area contributed by atoms with Crippen LogP contribution >= 0.6 is 12.2 Å². The first-order valence-corrected chi connectivity index (χ1v) is 6.16. The summed E-state index contributed by atoms with van der Waals surface area (Å²) >= 11 is 4.97. The SMILES string of the molecule is CN(CCOCCO)Cc1cccnc1C(N)=S. The van der Waals surface area contributed by atoms with E-state index in [4.69, 9.17) is 27.8 Å². The summed E-state index contributed by atoms with van der Waals surface area (Å²) in [5, 5.41) is 8.59. The topological polar surface area (TPSA) is 71.6 Å². The number of ether oxygens (including phenoxy) is 1. The highest BCUT2D eigenvalue weighted by Gasteiger charge is 2.08. The van der Waals surface area contributed by atoms with Crippen LogP contribution in [0.4, 0.5) is 0 Å². The lowest BCUT2D eigenvalue weighted by Crippen LogP contribution is -2.25. The highest BCUT2D eigenvalue weighted by atomic mass is 32.1. The molecule has 0 atom stereocenters. The maximum atomic E-state index is 8.59. The van der Waals surface area contributed by atoms with Crippen molar-refractivity contribution in [3.63, 3.8) is 0 Å². The molecule has 0 saturated carbocycles. The average molecular weight is 269 g/mol. The Hall–Kier alpha value is -1.08. The van der Waals surface area contributed by atoms with Crippen LogP contribution in [0.15, 0.2) is 18.3 Å². The van der Waals surface area contributed by atoms with Gasteiger partial charge in [-0.15, -0.1) is 0 Å². The van der Waals surface area contributed by atoms with Crippen LogP contribution in [0.2, 0.25) is 0 Å². The molecule has 0 unspecified atom stereocenters. The molecule has 0 spiro atoms. The van der Waals surface area contributed by atoms with Crippen molar-refractivity contribution in [2.24, 2.45) is 5.73 Å². The molecule has 6 heteroatoms. The van der Waals surface area contributed by atoms with E-state index < -0.39 is 0 Å². The van der Waals surface area contributed by atoms with Gasteiger partial charge in [0, 0.05) is 19.3 Å². The molecule has 1 rings (SSSR count). The van der Waals surface area contributed by atoms with Gasteiger partial charge in [0.1, 0.15) is 10.7 Å². The summed E-state index contributed by atoms with van der Waals surface area (Å²) in [5.74, 6) is 0. The Morgan fingerprint density at radius 2 is 2.33 bits per heavy atom. The van der Waals surface area contributed by atoms with Crippen LogP contribution in [-0.2, 0) is 11.3 Å². The minimum Gasteiger partial charge on any atom is -0.394 e. The number of pyridine rings is 1. The van der Waals surface area contributed by atoms with E-state index in [-0.39, 0.29) is 6.61 Å². The quantitative estimate of drug-likeness (QED) is 0.517. The van der Waals surface area contributed by atoms with Crippen LogP contribution < -0.4 is 5.73 Å². The normalized spacial score (nSPS) is 10.8. The number of aliphatic hydroxyl groups is 1. The van der Waals surface area contributed by atoms with Gasteiger partial charge in [0.2, 0.25) is 0 Å². The lowest BCUT2D eigenvalue weighted by Gasteiger charge is -2.17. The van der Waals surface area contributed by atoms with Crippen LogP contribution in [0, 0.1) is 0 Å². The minimum atomic E-state index is 0.0535. The van der Waals surface area contributed by atoms with Crippen molar-refractivity contribution < 1.29 is 9.84 Å². The Morgan fingerprint density at radius 1 is 1.56 bits per heavy atom. The monoisotopic (exact) mass is 269 g/mol. The highest BCUT2D eigenvalue weighted by molar-refractivity contribution is 7.80. The highest BCUT2D eigenvalue weighted by Crippen LogP contribution is 2.08. The Kier molecular flexibility index (Phi) is 6.74. The van der Waals surface area contributed by atoms with Gasteiger partial charge in [-0.3, -0.25) is 9.88 Å². The minimum absolute atomic E-state index is 0.0535. The van der Waals surface area contributed by atoms with Gasteiger partial charge in [0.25, 0.3) is 0 Å². The second-order valence-corrected chi connectivity index (χ2v) is 4.39. The lowest BCUT2D eigenvalue weighted by molar-refractivity contribution is 0.0773. The third-order valence-corrected chi connectivity index (χ3v) is 2.61. The van der Waals surface area contributed by atoms with E-state index in [2.05, 4.69) is 9.88 Å². The Balaban J connectivity index is 2.48. The first-order chi connectivity index (χ1) is 8.65. The predicted molar refractivity (Wildman–Crippen MR) is 74.4 cm³/mol. The molecule has 5 nitrogen and oxygen atoms in total. The molecule has 100 valence electrons. The molecular weight excluding hydrogens is 250 g/mol. The zero-order valence-corrected chi connectivity index (χ0v) is 11.3. The number of thiocarbonyl (C=S) groups is 1.